The summed E-state index contributed by atoms with van der Waals surface area (Å²) in [4.78, 5) is 3.78. The molecule has 0 atom stereocenters. The molecule has 0 saturated carbocycles. The number of benzene rings is 1. The molecule has 2 N–H and O–H groups in total. The Kier molecular flexibility index (Phi) is 4.55. The molecule has 1 heterocycles. The van der Waals surface area contributed by atoms with Crippen molar-refractivity contribution < 1.29 is 17.9 Å². The molecule has 5 nitrogen and oxygen atoms in total. The third-order valence-electron chi connectivity index (χ3n) is 2.43. The number of nitrogens with zero attached hydrogens (tertiary/aromatic N) is 1. The number of pyridine rings is 1. The largest absolute Gasteiger partial charge is 0.392 e. The molecule has 2 aromatic rings. The van der Waals surface area contributed by atoms with Crippen LogP contribution >= 0.6 is 22.6 Å². The topological polar surface area (TPSA) is 79.3 Å². The molecule has 20 heavy (non-hydrogen) atoms. The van der Waals surface area contributed by atoms with Crippen LogP contribution in [0.5, 0.6) is 0 Å². The highest BCUT2D eigenvalue weighted by Crippen LogP contribution is 2.22. The van der Waals surface area contributed by atoms with E-state index < -0.39 is 15.8 Å². The molecule has 2 rings (SSSR count). The number of anilines is 1. The molecule has 0 unspecified atom stereocenters. The smallest absolute Gasteiger partial charge is 0.279 e. The molecular weight excluding hydrogens is 398 g/mol. The first-order valence-electron chi connectivity index (χ1n) is 5.46. The molecular formula is C12H10FIN2O3S. The van der Waals surface area contributed by atoms with Crippen molar-refractivity contribution in [2.24, 2.45) is 0 Å². The summed E-state index contributed by atoms with van der Waals surface area (Å²) in [6, 6.07) is 6.50. The number of aromatic nitrogens is 1. The van der Waals surface area contributed by atoms with Gasteiger partial charge in [0.05, 0.1) is 12.3 Å². The van der Waals surface area contributed by atoms with Gasteiger partial charge in [0.25, 0.3) is 10.0 Å². The van der Waals surface area contributed by atoms with Crippen LogP contribution in [0.4, 0.5) is 10.1 Å². The van der Waals surface area contributed by atoms with Gasteiger partial charge in [0, 0.05) is 9.77 Å². The summed E-state index contributed by atoms with van der Waals surface area (Å²) in [6.07, 6.45) is 1.28. The Balaban J connectivity index is 2.30. The Morgan fingerprint density at radius 1 is 1.30 bits per heavy atom. The average molecular weight is 408 g/mol. The monoisotopic (exact) mass is 408 g/mol. The fourth-order valence-corrected chi connectivity index (χ4v) is 3.24. The summed E-state index contributed by atoms with van der Waals surface area (Å²) in [7, 11) is -3.84. The molecule has 1 aromatic carbocycles. The molecule has 1 aromatic heterocycles. The van der Waals surface area contributed by atoms with Gasteiger partial charge >= 0.3 is 0 Å². The second-order valence-electron chi connectivity index (χ2n) is 3.89. The molecule has 0 radical (unpaired) electrons. The van der Waals surface area contributed by atoms with Gasteiger partial charge in [0.15, 0.2) is 5.03 Å². The van der Waals surface area contributed by atoms with Crippen LogP contribution in [0.2, 0.25) is 0 Å². The van der Waals surface area contributed by atoms with E-state index >= 15 is 0 Å². The van der Waals surface area contributed by atoms with Gasteiger partial charge in [-0.25, -0.2) is 9.37 Å². The number of rotatable bonds is 4. The van der Waals surface area contributed by atoms with Crippen LogP contribution in [-0.4, -0.2) is 18.5 Å². The van der Waals surface area contributed by atoms with E-state index in [1.54, 1.807) is 0 Å². The van der Waals surface area contributed by atoms with Crippen LogP contribution in [0.25, 0.3) is 0 Å². The quantitative estimate of drug-likeness (QED) is 0.760. The highest BCUT2D eigenvalue weighted by atomic mass is 127. The van der Waals surface area contributed by atoms with Crippen LogP contribution in [0.3, 0.4) is 0 Å². The summed E-state index contributed by atoms with van der Waals surface area (Å²) in [6.45, 7) is -0.212. The van der Waals surface area contributed by atoms with E-state index in [0.717, 1.165) is 0 Å². The maximum atomic E-state index is 13.0. The molecule has 0 spiro atoms. The highest BCUT2D eigenvalue weighted by Gasteiger charge is 2.17. The van der Waals surface area contributed by atoms with E-state index in [-0.39, 0.29) is 17.3 Å². The molecule has 0 aliphatic carbocycles. The first-order chi connectivity index (χ1) is 9.42. The average Bonchev–Trinajstić information content (AvgIpc) is 2.42. The third-order valence-corrected chi connectivity index (χ3v) is 4.60. The van der Waals surface area contributed by atoms with Crippen molar-refractivity contribution in [1.82, 2.24) is 4.98 Å². The fraction of sp³-hybridized carbons (Fsp3) is 0.0833. The minimum absolute atomic E-state index is 0.171. The first-order valence-corrected chi connectivity index (χ1v) is 8.02. The maximum absolute atomic E-state index is 13.0. The number of aliphatic hydroxyl groups excluding tert-OH is 1. The van der Waals surface area contributed by atoms with E-state index in [1.807, 2.05) is 22.6 Å². The minimum atomic E-state index is -3.84. The number of nitrogens with one attached hydrogen (secondary N) is 1. The summed E-state index contributed by atoms with van der Waals surface area (Å²) >= 11 is 1.84. The van der Waals surface area contributed by atoms with Crippen molar-refractivity contribution in [2.75, 3.05) is 4.72 Å². The SMILES string of the molecule is O=S(=O)(Nc1ccc(F)cc1I)c1ccc(CO)cn1. The highest BCUT2D eigenvalue weighted by molar-refractivity contribution is 14.1. The minimum Gasteiger partial charge on any atom is -0.392 e. The lowest BCUT2D eigenvalue weighted by atomic mass is 10.3. The van der Waals surface area contributed by atoms with Crippen LogP contribution in [0, 0.1) is 9.39 Å². The van der Waals surface area contributed by atoms with Gasteiger partial charge < -0.3 is 5.11 Å². The number of aliphatic hydroxyl groups is 1. The van der Waals surface area contributed by atoms with Crippen molar-refractivity contribution in [3.8, 4) is 0 Å². The van der Waals surface area contributed by atoms with E-state index in [1.165, 1.54) is 36.5 Å². The molecule has 106 valence electrons. The number of halogens is 2. The zero-order valence-corrected chi connectivity index (χ0v) is 13.0. The van der Waals surface area contributed by atoms with Crippen molar-refractivity contribution in [2.45, 2.75) is 11.6 Å². The maximum Gasteiger partial charge on any atom is 0.279 e. The predicted octanol–water partition coefficient (Wildman–Crippen LogP) is 2.12. The summed E-state index contributed by atoms with van der Waals surface area (Å²) in [5, 5.41) is 8.72. The Morgan fingerprint density at radius 2 is 2.05 bits per heavy atom. The zero-order chi connectivity index (χ0) is 14.8. The summed E-state index contributed by atoms with van der Waals surface area (Å²) in [5.74, 6) is -0.442. The van der Waals surface area contributed by atoms with Crippen molar-refractivity contribution in [3.05, 3.63) is 51.5 Å². The van der Waals surface area contributed by atoms with Crippen LogP contribution in [0.1, 0.15) is 5.56 Å². The number of hydrogen-bond donors (Lipinski definition) is 2. The lowest BCUT2D eigenvalue weighted by Gasteiger charge is -2.09. The van der Waals surface area contributed by atoms with Gasteiger partial charge in [-0.3, -0.25) is 4.72 Å². The summed E-state index contributed by atoms with van der Waals surface area (Å²) < 4.78 is 40.0. The number of hydrogen-bond acceptors (Lipinski definition) is 4. The van der Waals surface area contributed by atoms with E-state index in [4.69, 9.17) is 5.11 Å². The van der Waals surface area contributed by atoms with E-state index in [2.05, 4.69) is 9.71 Å². The third kappa shape index (κ3) is 3.44. The molecule has 0 amide bonds. The normalized spacial score (nSPS) is 11.3. The molecule has 0 aliphatic rings. The predicted molar refractivity (Wildman–Crippen MR) is 80.1 cm³/mol. The summed E-state index contributed by atoms with van der Waals surface area (Å²) in [5.41, 5.74) is 0.792. The Hall–Kier alpha value is -1.26. The van der Waals surface area contributed by atoms with Crippen molar-refractivity contribution >= 4 is 38.3 Å². The second-order valence-corrected chi connectivity index (χ2v) is 6.68. The Morgan fingerprint density at radius 3 is 2.60 bits per heavy atom. The molecule has 8 heteroatoms. The van der Waals surface area contributed by atoms with Gasteiger partial charge in [-0.05, 0) is 52.4 Å². The van der Waals surface area contributed by atoms with Crippen molar-refractivity contribution in [1.29, 1.82) is 0 Å². The van der Waals surface area contributed by atoms with E-state index in [9.17, 15) is 12.8 Å². The van der Waals surface area contributed by atoms with Gasteiger partial charge in [-0.2, -0.15) is 8.42 Å². The molecule has 0 bridgehead atoms. The lowest BCUT2D eigenvalue weighted by Crippen LogP contribution is -2.15. The van der Waals surface area contributed by atoms with Crippen molar-refractivity contribution in [3.63, 3.8) is 0 Å². The Labute approximate surface area is 129 Å². The molecule has 0 aliphatic heterocycles. The van der Waals surface area contributed by atoms with Crippen LogP contribution < -0.4 is 4.72 Å². The van der Waals surface area contributed by atoms with Gasteiger partial charge in [-0.1, -0.05) is 6.07 Å². The zero-order valence-electron chi connectivity index (χ0n) is 10.0. The van der Waals surface area contributed by atoms with Gasteiger partial charge in [-0.15, -0.1) is 0 Å². The van der Waals surface area contributed by atoms with Gasteiger partial charge in [0.1, 0.15) is 5.82 Å². The van der Waals surface area contributed by atoms with Crippen LogP contribution in [0.15, 0.2) is 41.6 Å². The molecule has 0 saturated heterocycles. The molecule has 0 fully saturated rings. The Bertz CT molecular complexity index is 720. The van der Waals surface area contributed by atoms with E-state index in [0.29, 0.717) is 9.13 Å². The number of sulfonamides is 1. The first kappa shape index (κ1) is 15.1. The second kappa shape index (κ2) is 6.02. The fourth-order valence-electron chi connectivity index (χ4n) is 1.43. The lowest BCUT2D eigenvalue weighted by molar-refractivity contribution is 0.281. The van der Waals surface area contributed by atoms with Crippen LogP contribution in [-0.2, 0) is 16.6 Å². The standard InChI is InChI=1S/C12H10FIN2O3S/c13-9-2-3-11(10(14)5-9)16-20(18,19)12-4-1-8(7-17)6-15-12/h1-6,16-17H,7H2. The van der Waals surface area contributed by atoms with Gasteiger partial charge in [0.2, 0.25) is 0 Å².